The van der Waals surface area contributed by atoms with Gasteiger partial charge in [0, 0.05) is 18.4 Å². The number of carbonyl (C=O) groups is 1. The van der Waals surface area contributed by atoms with Crippen LogP contribution in [0.3, 0.4) is 0 Å². The van der Waals surface area contributed by atoms with Crippen LogP contribution in [0.5, 0.6) is 0 Å². The van der Waals surface area contributed by atoms with Gasteiger partial charge in [0.1, 0.15) is 11.6 Å². The average Bonchev–Trinajstić information content (AvgIpc) is 2.72. The third-order valence-electron chi connectivity index (χ3n) is 2.38. The lowest BCUT2D eigenvalue weighted by Gasteiger charge is -2.01. The normalized spacial score (nSPS) is 10.5. The second kappa shape index (κ2) is 4.72. The van der Waals surface area contributed by atoms with Gasteiger partial charge in [-0.15, -0.1) is 0 Å². The Morgan fingerprint density at radius 3 is 2.76 bits per heavy atom. The van der Waals surface area contributed by atoms with Crippen molar-refractivity contribution in [2.24, 2.45) is 0 Å². The van der Waals surface area contributed by atoms with Crippen molar-refractivity contribution in [3.8, 4) is 0 Å². The van der Waals surface area contributed by atoms with Gasteiger partial charge in [-0.3, -0.25) is 4.79 Å². The molecular formula is C13H10ClFO2. The second-order valence-corrected chi connectivity index (χ2v) is 4.17. The SMILES string of the molecule is CC(=O)c1ccc(Cc2cc(Cl)ccc2F)o1. The molecule has 0 aliphatic carbocycles. The Labute approximate surface area is 103 Å². The molecule has 17 heavy (non-hydrogen) atoms. The van der Waals surface area contributed by atoms with Gasteiger partial charge in [-0.2, -0.15) is 0 Å². The lowest BCUT2D eigenvalue weighted by molar-refractivity contribution is 0.0985. The molecule has 0 aliphatic rings. The van der Waals surface area contributed by atoms with Crippen LogP contribution in [0.15, 0.2) is 34.7 Å². The predicted octanol–water partition coefficient (Wildman–Crippen LogP) is 3.87. The minimum Gasteiger partial charge on any atom is -0.458 e. The Bertz CT molecular complexity index is 560. The summed E-state index contributed by atoms with van der Waals surface area (Å²) in [7, 11) is 0. The fraction of sp³-hybridized carbons (Fsp3) is 0.154. The standard InChI is InChI=1S/C13H10ClFO2/c1-8(16)13-5-3-11(17-13)7-9-6-10(14)2-4-12(9)15/h2-6H,7H2,1H3. The number of hydrogen-bond acceptors (Lipinski definition) is 2. The molecule has 0 radical (unpaired) electrons. The van der Waals surface area contributed by atoms with Crippen LogP contribution < -0.4 is 0 Å². The lowest BCUT2D eigenvalue weighted by Crippen LogP contribution is -1.91. The van der Waals surface area contributed by atoms with Crippen LogP contribution in [-0.4, -0.2) is 5.78 Å². The summed E-state index contributed by atoms with van der Waals surface area (Å²) in [5.41, 5.74) is 0.446. The minimum atomic E-state index is -0.338. The second-order valence-electron chi connectivity index (χ2n) is 3.73. The van der Waals surface area contributed by atoms with Crippen LogP contribution in [0, 0.1) is 5.82 Å². The van der Waals surface area contributed by atoms with Crippen molar-refractivity contribution >= 4 is 17.4 Å². The van der Waals surface area contributed by atoms with Crippen molar-refractivity contribution in [1.82, 2.24) is 0 Å². The van der Waals surface area contributed by atoms with E-state index in [9.17, 15) is 9.18 Å². The number of rotatable bonds is 3. The van der Waals surface area contributed by atoms with E-state index in [1.165, 1.54) is 19.1 Å². The van der Waals surface area contributed by atoms with Crippen LogP contribution >= 0.6 is 11.6 Å². The Balaban J connectivity index is 2.25. The summed E-state index contributed by atoms with van der Waals surface area (Å²) < 4.78 is 18.7. The third-order valence-corrected chi connectivity index (χ3v) is 2.62. The molecule has 0 bridgehead atoms. The maximum Gasteiger partial charge on any atom is 0.194 e. The first kappa shape index (κ1) is 11.9. The quantitative estimate of drug-likeness (QED) is 0.777. The highest BCUT2D eigenvalue weighted by atomic mass is 35.5. The summed E-state index contributed by atoms with van der Waals surface area (Å²) in [4.78, 5) is 11.0. The van der Waals surface area contributed by atoms with Crippen molar-refractivity contribution in [2.45, 2.75) is 13.3 Å². The van der Waals surface area contributed by atoms with Gasteiger partial charge < -0.3 is 4.42 Å². The highest BCUT2D eigenvalue weighted by molar-refractivity contribution is 6.30. The van der Waals surface area contributed by atoms with Gasteiger partial charge in [0.2, 0.25) is 0 Å². The number of carbonyl (C=O) groups excluding carboxylic acids is 1. The molecule has 0 spiro atoms. The zero-order chi connectivity index (χ0) is 12.4. The summed E-state index contributed by atoms with van der Waals surface area (Å²) in [6, 6.07) is 7.60. The smallest absolute Gasteiger partial charge is 0.194 e. The van der Waals surface area contributed by atoms with Crippen LogP contribution in [0.1, 0.15) is 28.8 Å². The predicted molar refractivity (Wildman–Crippen MR) is 62.9 cm³/mol. The molecule has 0 amide bonds. The van der Waals surface area contributed by atoms with E-state index in [1.807, 2.05) is 0 Å². The zero-order valence-electron chi connectivity index (χ0n) is 9.17. The fourth-order valence-electron chi connectivity index (χ4n) is 1.53. The van der Waals surface area contributed by atoms with Gasteiger partial charge in [0.15, 0.2) is 11.5 Å². The van der Waals surface area contributed by atoms with Crippen LogP contribution in [0.2, 0.25) is 5.02 Å². The average molecular weight is 253 g/mol. The molecule has 1 heterocycles. The number of halogens is 2. The van der Waals surface area contributed by atoms with E-state index in [4.69, 9.17) is 16.0 Å². The summed E-state index contributed by atoms with van der Waals surface area (Å²) >= 11 is 5.79. The molecule has 1 aromatic heterocycles. The Morgan fingerprint density at radius 1 is 1.35 bits per heavy atom. The summed E-state index contributed by atoms with van der Waals surface area (Å²) in [6.45, 7) is 1.42. The van der Waals surface area contributed by atoms with Gasteiger partial charge in [-0.1, -0.05) is 11.6 Å². The van der Waals surface area contributed by atoms with Crippen molar-refractivity contribution in [3.05, 3.63) is 58.3 Å². The lowest BCUT2D eigenvalue weighted by atomic mass is 10.1. The first-order valence-electron chi connectivity index (χ1n) is 5.10. The van der Waals surface area contributed by atoms with E-state index in [-0.39, 0.29) is 23.8 Å². The molecule has 4 heteroatoms. The Hall–Kier alpha value is -1.61. The van der Waals surface area contributed by atoms with Crippen molar-refractivity contribution < 1.29 is 13.6 Å². The molecule has 0 atom stereocenters. The zero-order valence-corrected chi connectivity index (χ0v) is 9.92. The Kier molecular flexibility index (Phi) is 3.29. The number of ketones is 1. The van der Waals surface area contributed by atoms with Gasteiger partial charge in [0.05, 0.1) is 0 Å². The highest BCUT2D eigenvalue weighted by Crippen LogP contribution is 2.19. The number of benzene rings is 1. The number of Topliss-reactive ketones (excluding diaryl/α,β-unsaturated/α-hetero) is 1. The molecule has 0 aliphatic heterocycles. The van der Waals surface area contributed by atoms with Crippen molar-refractivity contribution in [3.63, 3.8) is 0 Å². The maximum atomic E-state index is 13.5. The molecule has 0 N–H and O–H groups in total. The van der Waals surface area contributed by atoms with E-state index < -0.39 is 0 Å². The molecule has 1 aromatic carbocycles. The first-order chi connectivity index (χ1) is 8.06. The first-order valence-corrected chi connectivity index (χ1v) is 5.47. The molecule has 0 saturated heterocycles. The molecular weight excluding hydrogens is 243 g/mol. The van der Waals surface area contributed by atoms with E-state index in [1.54, 1.807) is 18.2 Å². The minimum absolute atomic E-state index is 0.150. The van der Waals surface area contributed by atoms with E-state index >= 15 is 0 Å². The number of hydrogen-bond donors (Lipinski definition) is 0. The van der Waals surface area contributed by atoms with Gasteiger partial charge in [-0.25, -0.2) is 4.39 Å². The summed E-state index contributed by atoms with van der Waals surface area (Å²) in [5.74, 6) is 0.330. The van der Waals surface area contributed by atoms with Gasteiger partial charge >= 0.3 is 0 Å². The molecule has 2 nitrogen and oxygen atoms in total. The summed E-state index contributed by atoms with van der Waals surface area (Å²) in [6.07, 6.45) is 0.277. The largest absolute Gasteiger partial charge is 0.458 e. The van der Waals surface area contributed by atoms with Crippen LogP contribution in [0.4, 0.5) is 4.39 Å². The molecule has 0 fully saturated rings. The molecule has 2 aromatic rings. The van der Waals surface area contributed by atoms with Crippen LogP contribution in [-0.2, 0) is 6.42 Å². The van der Waals surface area contributed by atoms with E-state index in [0.717, 1.165) is 0 Å². The monoisotopic (exact) mass is 252 g/mol. The Morgan fingerprint density at radius 2 is 2.12 bits per heavy atom. The van der Waals surface area contributed by atoms with E-state index in [2.05, 4.69) is 0 Å². The maximum absolute atomic E-state index is 13.5. The van der Waals surface area contributed by atoms with Crippen molar-refractivity contribution in [1.29, 1.82) is 0 Å². The number of furan rings is 1. The summed E-state index contributed by atoms with van der Waals surface area (Å²) in [5, 5.41) is 0.472. The van der Waals surface area contributed by atoms with Gasteiger partial charge in [0.25, 0.3) is 0 Å². The van der Waals surface area contributed by atoms with E-state index in [0.29, 0.717) is 16.3 Å². The highest BCUT2D eigenvalue weighted by Gasteiger charge is 2.09. The third kappa shape index (κ3) is 2.74. The molecule has 88 valence electrons. The van der Waals surface area contributed by atoms with Crippen LogP contribution in [0.25, 0.3) is 0 Å². The fourth-order valence-corrected chi connectivity index (χ4v) is 1.72. The molecule has 0 unspecified atom stereocenters. The molecule has 2 rings (SSSR count). The topological polar surface area (TPSA) is 30.2 Å². The van der Waals surface area contributed by atoms with Crippen molar-refractivity contribution in [2.75, 3.05) is 0 Å². The molecule has 0 saturated carbocycles. The van der Waals surface area contributed by atoms with Gasteiger partial charge in [-0.05, 0) is 35.9 Å².